The molecule has 0 aromatic rings. The Bertz CT molecular complexity index is 262. The summed E-state index contributed by atoms with van der Waals surface area (Å²) in [5.41, 5.74) is 0.853. The molecule has 0 aromatic heterocycles. The zero-order valence-corrected chi connectivity index (χ0v) is 12.0. The molecule has 0 heterocycles. The second-order valence-electron chi connectivity index (χ2n) is 8.46. The van der Waals surface area contributed by atoms with Crippen LogP contribution < -0.4 is 0 Å². The topological polar surface area (TPSA) is 0 Å². The second kappa shape index (κ2) is 4.53. The van der Waals surface area contributed by atoms with E-state index in [-0.39, 0.29) is 0 Å². The van der Waals surface area contributed by atoms with Gasteiger partial charge in [0.1, 0.15) is 0 Å². The van der Waals surface area contributed by atoms with E-state index >= 15 is 0 Å². The molecule has 0 saturated heterocycles. The molecule has 0 nitrogen and oxygen atoms in total. The smallest absolute Gasteiger partial charge is 0.0289 e. The van der Waals surface area contributed by atoms with Crippen molar-refractivity contribution in [3.8, 4) is 0 Å². The predicted molar refractivity (Wildman–Crippen MR) is 76.4 cm³/mol. The summed E-state index contributed by atoms with van der Waals surface area (Å²) >= 11 is 0. The van der Waals surface area contributed by atoms with Gasteiger partial charge < -0.3 is 0 Å². The Labute approximate surface area is 113 Å². The highest BCUT2D eigenvalue weighted by atomic mass is 14.6. The van der Waals surface area contributed by atoms with Gasteiger partial charge in [0.15, 0.2) is 0 Å². The van der Waals surface area contributed by atoms with Gasteiger partial charge in [-0.2, -0.15) is 0 Å². The maximum atomic E-state index is 1.63. The first-order valence-electron chi connectivity index (χ1n) is 8.81. The lowest BCUT2D eigenvalue weighted by Gasteiger charge is -2.57. The van der Waals surface area contributed by atoms with Gasteiger partial charge in [0.2, 0.25) is 0 Å². The molecule has 0 atom stereocenters. The molecule has 0 amide bonds. The summed E-state index contributed by atoms with van der Waals surface area (Å²) in [5, 5.41) is 0. The number of hydrogen-bond donors (Lipinski definition) is 0. The zero-order chi connectivity index (χ0) is 12.0. The van der Waals surface area contributed by atoms with Crippen LogP contribution in [0.3, 0.4) is 0 Å². The third-order valence-corrected chi connectivity index (χ3v) is 6.97. The molecule has 0 N–H and O–H groups in total. The van der Waals surface area contributed by atoms with Crippen molar-refractivity contribution in [2.24, 2.45) is 29.1 Å². The number of rotatable bonds is 3. The van der Waals surface area contributed by atoms with Crippen molar-refractivity contribution in [1.82, 2.24) is 0 Å². The zero-order valence-electron chi connectivity index (χ0n) is 12.0. The molecule has 0 spiro atoms. The molecule has 5 rings (SSSR count). The maximum Gasteiger partial charge on any atom is -0.0289 e. The van der Waals surface area contributed by atoms with E-state index in [2.05, 4.69) is 0 Å². The lowest BCUT2D eigenvalue weighted by Crippen LogP contribution is -2.46. The van der Waals surface area contributed by atoms with E-state index < -0.39 is 0 Å². The van der Waals surface area contributed by atoms with Crippen molar-refractivity contribution in [2.45, 2.75) is 83.5 Å². The fourth-order valence-corrected chi connectivity index (χ4v) is 6.58. The normalized spacial score (nSPS) is 47.7. The summed E-state index contributed by atoms with van der Waals surface area (Å²) in [6, 6.07) is 0. The molecule has 0 aromatic carbocycles. The first-order chi connectivity index (χ1) is 8.81. The van der Waals surface area contributed by atoms with Crippen LogP contribution in [0.25, 0.3) is 0 Å². The molecule has 0 radical (unpaired) electrons. The molecule has 0 heteroatoms. The Balaban J connectivity index is 1.38. The van der Waals surface area contributed by atoms with Crippen LogP contribution in [-0.2, 0) is 0 Å². The average molecular weight is 246 g/mol. The van der Waals surface area contributed by atoms with E-state index in [1.807, 2.05) is 0 Å². The van der Waals surface area contributed by atoms with Gasteiger partial charge in [0.05, 0.1) is 0 Å². The van der Waals surface area contributed by atoms with Crippen LogP contribution in [0, 0.1) is 29.1 Å². The molecule has 4 bridgehead atoms. The third-order valence-electron chi connectivity index (χ3n) is 6.97. The Morgan fingerprint density at radius 3 is 1.83 bits per heavy atom. The SMILES string of the molecule is C1CCC(CCC23CC4CC(CC(C4)C2)C3)CC1. The van der Waals surface area contributed by atoms with Crippen LogP contribution in [0.1, 0.15) is 83.5 Å². The first-order valence-corrected chi connectivity index (χ1v) is 8.81. The van der Waals surface area contributed by atoms with Crippen molar-refractivity contribution in [3.05, 3.63) is 0 Å². The monoisotopic (exact) mass is 246 g/mol. The Hall–Kier alpha value is 0. The van der Waals surface area contributed by atoms with Crippen molar-refractivity contribution >= 4 is 0 Å². The van der Waals surface area contributed by atoms with Crippen LogP contribution in [0.15, 0.2) is 0 Å². The Kier molecular flexibility index (Phi) is 2.97. The number of hydrogen-bond acceptors (Lipinski definition) is 0. The summed E-state index contributed by atoms with van der Waals surface area (Å²) in [6.07, 6.45) is 20.6. The quantitative estimate of drug-likeness (QED) is 0.611. The molecule has 5 saturated carbocycles. The van der Waals surface area contributed by atoms with Gasteiger partial charge in [-0.1, -0.05) is 32.1 Å². The van der Waals surface area contributed by atoms with Crippen LogP contribution in [0.2, 0.25) is 0 Å². The predicted octanol–water partition coefficient (Wildman–Crippen LogP) is 5.56. The minimum atomic E-state index is 0.853. The lowest BCUT2D eigenvalue weighted by atomic mass is 9.48. The Morgan fingerprint density at radius 1 is 0.722 bits per heavy atom. The van der Waals surface area contributed by atoms with E-state index in [0.29, 0.717) is 0 Å². The summed E-state index contributed by atoms with van der Waals surface area (Å²) in [5.74, 6) is 4.58. The van der Waals surface area contributed by atoms with E-state index in [9.17, 15) is 0 Å². The molecule has 102 valence electrons. The standard InChI is InChI=1S/C18H30/c1-2-4-14(5-3-1)6-7-18-11-15-8-16(12-18)10-17(9-15)13-18/h14-17H,1-13H2. The van der Waals surface area contributed by atoms with Crippen LogP contribution in [0.5, 0.6) is 0 Å². The van der Waals surface area contributed by atoms with E-state index in [4.69, 9.17) is 0 Å². The van der Waals surface area contributed by atoms with E-state index in [1.54, 1.807) is 64.2 Å². The van der Waals surface area contributed by atoms with Crippen molar-refractivity contribution in [1.29, 1.82) is 0 Å². The highest BCUT2D eigenvalue weighted by molar-refractivity contribution is 5.01. The Morgan fingerprint density at radius 2 is 1.28 bits per heavy atom. The lowest BCUT2D eigenvalue weighted by molar-refractivity contribution is -0.0605. The fraction of sp³-hybridized carbons (Fsp3) is 1.00. The average Bonchev–Trinajstić information content (AvgIpc) is 2.36. The van der Waals surface area contributed by atoms with Gasteiger partial charge in [0.25, 0.3) is 0 Å². The molecule has 5 fully saturated rings. The van der Waals surface area contributed by atoms with Crippen LogP contribution in [0.4, 0.5) is 0 Å². The highest BCUT2D eigenvalue weighted by Gasteiger charge is 2.50. The van der Waals surface area contributed by atoms with Crippen molar-refractivity contribution < 1.29 is 0 Å². The summed E-state index contributed by atoms with van der Waals surface area (Å²) < 4.78 is 0. The van der Waals surface area contributed by atoms with Gasteiger partial charge in [-0.05, 0) is 80.5 Å². The molecule has 0 aliphatic heterocycles. The summed E-state index contributed by atoms with van der Waals surface area (Å²) in [7, 11) is 0. The summed E-state index contributed by atoms with van der Waals surface area (Å²) in [6.45, 7) is 0. The van der Waals surface area contributed by atoms with Crippen molar-refractivity contribution in [2.75, 3.05) is 0 Å². The van der Waals surface area contributed by atoms with Gasteiger partial charge in [-0.25, -0.2) is 0 Å². The highest BCUT2D eigenvalue weighted by Crippen LogP contribution is 2.61. The largest absolute Gasteiger partial charge is 0.0533 e. The van der Waals surface area contributed by atoms with Crippen LogP contribution in [-0.4, -0.2) is 0 Å². The van der Waals surface area contributed by atoms with E-state index in [1.165, 1.54) is 19.3 Å². The summed E-state index contributed by atoms with van der Waals surface area (Å²) in [4.78, 5) is 0. The third kappa shape index (κ3) is 2.14. The van der Waals surface area contributed by atoms with E-state index in [0.717, 1.165) is 29.1 Å². The van der Waals surface area contributed by atoms with Gasteiger partial charge >= 0.3 is 0 Å². The van der Waals surface area contributed by atoms with Crippen molar-refractivity contribution in [3.63, 3.8) is 0 Å². The van der Waals surface area contributed by atoms with Gasteiger partial charge in [-0.15, -0.1) is 0 Å². The molecule has 18 heavy (non-hydrogen) atoms. The molecule has 5 aliphatic rings. The van der Waals surface area contributed by atoms with Gasteiger partial charge in [0, 0.05) is 0 Å². The maximum absolute atomic E-state index is 1.63. The molecular formula is C18H30. The van der Waals surface area contributed by atoms with Crippen LogP contribution >= 0.6 is 0 Å². The minimum Gasteiger partial charge on any atom is -0.0533 e. The molecular weight excluding hydrogens is 216 g/mol. The van der Waals surface area contributed by atoms with Gasteiger partial charge in [-0.3, -0.25) is 0 Å². The first kappa shape index (κ1) is 11.8. The minimum absolute atomic E-state index is 0.853. The fourth-order valence-electron chi connectivity index (χ4n) is 6.58. The second-order valence-corrected chi connectivity index (χ2v) is 8.46. The molecule has 0 unspecified atom stereocenters. The molecule has 5 aliphatic carbocycles.